The maximum Gasteiger partial charge on any atom is 0.0912 e. The Morgan fingerprint density at radius 3 is 2.46 bits per heavy atom. The van der Waals surface area contributed by atoms with Crippen LogP contribution in [0.3, 0.4) is 0 Å². The summed E-state index contributed by atoms with van der Waals surface area (Å²) in [5, 5.41) is 0. The average molecular weight is 199 g/mol. The van der Waals surface area contributed by atoms with E-state index in [-0.39, 0.29) is 12.7 Å². The van der Waals surface area contributed by atoms with Gasteiger partial charge in [0.25, 0.3) is 0 Å². The van der Waals surface area contributed by atoms with E-state index < -0.39 is 0 Å². The lowest BCUT2D eigenvalue weighted by molar-refractivity contribution is 0.442. The highest BCUT2D eigenvalue weighted by Gasteiger charge is 2.04. The van der Waals surface area contributed by atoms with Crippen LogP contribution in [0.25, 0.3) is 0 Å². The van der Waals surface area contributed by atoms with Gasteiger partial charge in [0.15, 0.2) is 0 Å². The third-order valence-corrected chi connectivity index (χ3v) is 2.71. The zero-order valence-electron chi connectivity index (χ0n) is 7.66. The normalized spacial score (nSPS) is 12.8. The van der Waals surface area contributed by atoms with Crippen molar-refractivity contribution in [2.24, 2.45) is 5.73 Å². The molecule has 0 radical (unpaired) electrons. The first-order valence-electron chi connectivity index (χ1n) is 4.23. The smallest absolute Gasteiger partial charge is 0.0912 e. The predicted molar refractivity (Wildman–Crippen MR) is 55.7 cm³/mol. The second-order valence-corrected chi connectivity index (χ2v) is 3.74. The quantitative estimate of drug-likeness (QED) is 0.755. The van der Waals surface area contributed by atoms with Crippen LogP contribution < -0.4 is 5.73 Å². The monoisotopic (exact) mass is 199 g/mol. The number of benzene rings is 1. The Balaban J connectivity index is 2.67. The van der Waals surface area contributed by atoms with Crippen LogP contribution in [-0.2, 0) is 0 Å². The molecule has 0 bridgehead atoms. The molecule has 0 aliphatic rings. The molecule has 0 amide bonds. The lowest BCUT2D eigenvalue weighted by Gasteiger charge is -2.09. The number of thioether (sulfide) groups is 1. The molecule has 1 rings (SSSR count). The third-order valence-electron chi connectivity index (χ3n) is 1.96. The maximum absolute atomic E-state index is 12.0. The lowest BCUT2D eigenvalue weighted by Crippen LogP contribution is -2.10. The molecule has 13 heavy (non-hydrogen) atoms. The number of hydrogen-bond donors (Lipinski definition) is 1. The summed E-state index contributed by atoms with van der Waals surface area (Å²) in [4.78, 5) is 1.20. The van der Waals surface area contributed by atoms with Crippen LogP contribution in [0.2, 0.25) is 0 Å². The zero-order chi connectivity index (χ0) is 9.68. The molecular formula is C10H14FNS. The van der Waals surface area contributed by atoms with Gasteiger partial charge in [-0.3, -0.25) is 4.39 Å². The van der Waals surface area contributed by atoms with Gasteiger partial charge in [-0.1, -0.05) is 12.1 Å². The number of halogens is 1. The van der Waals surface area contributed by atoms with E-state index in [4.69, 9.17) is 5.73 Å². The summed E-state index contributed by atoms with van der Waals surface area (Å²) in [6, 6.07) is 7.79. The van der Waals surface area contributed by atoms with E-state index in [0.717, 1.165) is 5.56 Å². The average Bonchev–Trinajstić information content (AvgIpc) is 2.18. The molecule has 0 unspecified atom stereocenters. The highest BCUT2D eigenvalue weighted by Crippen LogP contribution is 2.19. The fourth-order valence-corrected chi connectivity index (χ4v) is 1.54. The van der Waals surface area contributed by atoms with Gasteiger partial charge in [0.2, 0.25) is 0 Å². The summed E-state index contributed by atoms with van der Waals surface area (Å²) in [6.45, 7) is -0.356. The Bertz CT molecular complexity index is 248. The van der Waals surface area contributed by atoms with Crippen molar-refractivity contribution in [1.82, 2.24) is 0 Å². The lowest BCUT2D eigenvalue weighted by atomic mass is 10.1. The first-order valence-corrected chi connectivity index (χ1v) is 5.46. The minimum Gasteiger partial charge on any atom is -0.324 e. The van der Waals surface area contributed by atoms with Crippen molar-refractivity contribution in [3.8, 4) is 0 Å². The summed E-state index contributed by atoms with van der Waals surface area (Å²) >= 11 is 1.69. The van der Waals surface area contributed by atoms with Crippen LogP contribution >= 0.6 is 11.8 Å². The molecule has 1 nitrogen and oxygen atoms in total. The van der Waals surface area contributed by atoms with E-state index in [1.165, 1.54) is 4.90 Å². The summed E-state index contributed by atoms with van der Waals surface area (Å²) in [5.74, 6) is 0. The van der Waals surface area contributed by atoms with Crippen molar-refractivity contribution in [3.05, 3.63) is 29.8 Å². The van der Waals surface area contributed by atoms with E-state index in [2.05, 4.69) is 0 Å². The Hall–Kier alpha value is -0.540. The van der Waals surface area contributed by atoms with E-state index in [9.17, 15) is 4.39 Å². The summed E-state index contributed by atoms with van der Waals surface area (Å²) in [5.41, 5.74) is 6.76. The highest BCUT2D eigenvalue weighted by atomic mass is 32.2. The van der Waals surface area contributed by atoms with Crippen LogP contribution in [0.4, 0.5) is 4.39 Å². The van der Waals surface area contributed by atoms with Gasteiger partial charge < -0.3 is 5.73 Å². The minimum atomic E-state index is -0.356. The van der Waals surface area contributed by atoms with Crippen molar-refractivity contribution in [2.45, 2.75) is 17.4 Å². The SMILES string of the molecule is CSc1ccc([C@H](N)CCF)cc1. The molecule has 0 fully saturated rings. The molecule has 0 aliphatic carbocycles. The number of hydrogen-bond acceptors (Lipinski definition) is 2. The zero-order valence-corrected chi connectivity index (χ0v) is 8.48. The van der Waals surface area contributed by atoms with Gasteiger partial charge in [-0.15, -0.1) is 11.8 Å². The van der Waals surface area contributed by atoms with Gasteiger partial charge in [0, 0.05) is 10.9 Å². The van der Waals surface area contributed by atoms with Crippen LogP contribution in [0.5, 0.6) is 0 Å². The van der Waals surface area contributed by atoms with E-state index in [1.807, 2.05) is 30.5 Å². The Kier molecular flexibility index (Phi) is 4.25. The third kappa shape index (κ3) is 3.01. The predicted octanol–water partition coefficient (Wildman–Crippen LogP) is 2.77. The van der Waals surface area contributed by atoms with E-state index >= 15 is 0 Å². The van der Waals surface area contributed by atoms with Gasteiger partial charge >= 0.3 is 0 Å². The van der Waals surface area contributed by atoms with Crippen LogP contribution in [-0.4, -0.2) is 12.9 Å². The topological polar surface area (TPSA) is 26.0 Å². The summed E-state index contributed by atoms with van der Waals surface area (Å²) < 4.78 is 12.0. The molecule has 3 heteroatoms. The molecule has 0 heterocycles. The highest BCUT2D eigenvalue weighted by molar-refractivity contribution is 7.98. The standard InChI is InChI=1S/C10H14FNS/c1-13-9-4-2-8(3-5-9)10(12)6-7-11/h2-5,10H,6-7,12H2,1H3/t10-/m1/s1. The van der Waals surface area contributed by atoms with Gasteiger partial charge in [-0.25, -0.2) is 0 Å². The first-order chi connectivity index (χ1) is 6.27. The molecule has 0 aromatic heterocycles. The molecule has 72 valence electrons. The minimum absolute atomic E-state index is 0.166. The van der Waals surface area contributed by atoms with Crippen molar-refractivity contribution in [3.63, 3.8) is 0 Å². The molecule has 0 spiro atoms. The summed E-state index contributed by atoms with van der Waals surface area (Å²) in [6.07, 6.45) is 2.43. The number of alkyl halides is 1. The van der Waals surface area contributed by atoms with Crippen LogP contribution in [0, 0.1) is 0 Å². The van der Waals surface area contributed by atoms with Crippen molar-refractivity contribution in [1.29, 1.82) is 0 Å². The van der Waals surface area contributed by atoms with E-state index in [0.29, 0.717) is 6.42 Å². The van der Waals surface area contributed by atoms with Gasteiger partial charge in [-0.05, 0) is 30.4 Å². The van der Waals surface area contributed by atoms with Gasteiger partial charge in [0.1, 0.15) is 0 Å². The van der Waals surface area contributed by atoms with Gasteiger partial charge in [-0.2, -0.15) is 0 Å². The summed E-state index contributed by atoms with van der Waals surface area (Å²) in [7, 11) is 0. The largest absolute Gasteiger partial charge is 0.324 e. The molecule has 1 aromatic carbocycles. The van der Waals surface area contributed by atoms with E-state index in [1.54, 1.807) is 11.8 Å². The molecule has 0 saturated heterocycles. The molecular weight excluding hydrogens is 185 g/mol. The Labute approximate surface area is 82.5 Å². The van der Waals surface area contributed by atoms with Gasteiger partial charge in [0.05, 0.1) is 6.67 Å². The molecule has 0 saturated carbocycles. The Morgan fingerprint density at radius 1 is 1.38 bits per heavy atom. The second-order valence-electron chi connectivity index (χ2n) is 2.86. The van der Waals surface area contributed by atoms with Crippen molar-refractivity contribution in [2.75, 3.05) is 12.9 Å². The fourth-order valence-electron chi connectivity index (χ4n) is 1.14. The molecule has 2 N–H and O–H groups in total. The fraction of sp³-hybridized carbons (Fsp3) is 0.400. The number of rotatable bonds is 4. The maximum atomic E-state index is 12.0. The van der Waals surface area contributed by atoms with Crippen molar-refractivity contribution < 1.29 is 4.39 Å². The molecule has 1 aromatic rings. The second kappa shape index (κ2) is 5.25. The molecule has 0 aliphatic heterocycles. The van der Waals surface area contributed by atoms with Crippen molar-refractivity contribution >= 4 is 11.8 Å². The Morgan fingerprint density at radius 2 is 2.00 bits per heavy atom. The first kappa shape index (κ1) is 10.5. The van der Waals surface area contributed by atoms with Crippen LogP contribution in [0.1, 0.15) is 18.0 Å². The number of nitrogens with two attached hydrogens (primary N) is 1. The van der Waals surface area contributed by atoms with Crippen LogP contribution in [0.15, 0.2) is 29.2 Å². The molecule has 1 atom stereocenters.